The fourth-order valence-corrected chi connectivity index (χ4v) is 2.42. The summed E-state index contributed by atoms with van der Waals surface area (Å²) < 4.78 is 1.04. The van der Waals surface area contributed by atoms with Crippen molar-refractivity contribution < 1.29 is 0 Å². The van der Waals surface area contributed by atoms with Gasteiger partial charge in [0.1, 0.15) is 17.7 Å². The lowest BCUT2D eigenvalue weighted by atomic mass is 10.2. The quantitative estimate of drug-likeness (QED) is 0.645. The minimum absolute atomic E-state index is 0.385. The molecule has 0 spiro atoms. The second-order valence-corrected chi connectivity index (χ2v) is 5.27. The summed E-state index contributed by atoms with van der Waals surface area (Å²) in [6, 6.07) is 5.62. The molecule has 0 amide bonds. The highest BCUT2D eigenvalue weighted by Crippen LogP contribution is 2.28. The van der Waals surface area contributed by atoms with Crippen molar-refractivity contribution >= 4 is 51.2 Å². The maximum atomic E-state index is 6.00. The van der Waals surface area contributed by atoms with Crippen molar-refractivity contribution in [2.24, 2.45) is 0 Å². The molecule has 90 valence electrons. The van der Waals surface area contributed by atoms with E-state index in [4.69, 9.17) is 17.3 Å². The molecule has 2 heterocycles. The Balaban J connectivity index is 2.26. The first-order valence-electron chi connectivity index (χ1n) is 5.07. The predicted molar refractivity (Wildman–Crippen MR) is 79.3 cm³/mol. The van der Waals surface area contributed by atoms with Crippen LogP contribution >= 0.6 is 34.2 Å². The van der Waals surface area contributed by atoms with Crippen LogP contribution in [-0.2, 0) is 0 Å². The number of aromatic amines is 1. The monoisotopic (exact) mass is 371 g/mol. The number of halogens is 2. The number of hydrogen-bond donors (Lipinski definition) is 2. The molecule has 0 radical (unpaired) electrons. The maximum absolute atomic E-state index is 6.00. The Morgan fingerprint density at radius 1 is 1.28 bits per heavy atom. The van der Waals surface area contributed by atoms with Crippen LogP contribution in [0.5, 0.6) is 0 Å². The van der Waals surface area contributed by atoms with Gasteiger partial charge in [-0.05, 0) is 40.8 Å². The fourth-order valence-electron chi connectivity index (χ4n) is 1.65. The van der Waals surface area contributed by atoms with Crippen LogP contribution in [0.25, 0.3) is 22.6 Å². The Morgan fingerprint density at radius 2 is 2.11 bits per heavy atom. The van der Waals surface area contributed by atoms with Gasteiger partial charge in [-0.25, -0.2) is 15.0 Å². The van der Waals surface area contributed by atoms with Crippen molar-refractivity contribution in [1.29, 1.82) is 0 Å². The normalized spacial score (nSPS) is 11.0. The summed E-state index contributed by atoms with van der Waals surface area (Å²) in [4.78, 5) is 15.5. The van der Waals surface area contributed by atoms with E-state index in [9.17, 15) is 0 Å². The molecule has 3 rings (SSSR count). The minimum Gasteiger partial charge on any atom is -0.382 e. The van der Waals surface area contributed by atoms with Crippen LogP contribution in [0, 0.1) is 3.57 Å². The highest BCUT2D eigenvalue weighted by atomic mass is 127. The lowest BCUT2D eigenvalue weighted by Crippen LogP contribution is -1.91. The molecule has 0 atom stereocenters. The predicted octanol–water partition coefficient (Wildman–Crippen LogP) is 2.86. The summed E-state index contributed by atoms with van der Waals surface area (Å²) in [5.74, 6) is 1.07. The molecule has 3 N–H and O–H groups in total. The number of imidazole rings is 1. The van der Waals surface area contributed by atoms with Gasteiger partial charge in [0.2, 0.25) is 0 Å². The van der Waals surface area contributed by atoms with E-state index < -0.39 is 0 Å². The van der Waals surface area contributed by atoms with Crippen LogP contribution in [-0.4, -0.2) is 19.9 Å². The van der Waals surface area contributed by atoms with E-state index >= 15 is 0 Å². The first kappa shape index (κ1) is 11.7. The third-order valence-electron chi connectivity index (χ3n) is 2.50. The molecule has 5 nitrogen and oxygen atoms in total. The van der Waals surface area contributed by atoms with Gasteiger partial charge in [0.05, 0.1) is 0 Å². The molecule has 0 fully saturated rings. The number of nitrogens with two attached hydrogens (primary N) is 1. The first-order chi connectivity index (χ1) is 8.65. The molecule has 1 aromatic carbocycles. The van der Waals surface area contributed by atoms with Gasteiger partial charge in [0.25, 0.3) is 0 Å². The standard InChI is InChI=1S/C11H7ClIN5/c12-5-1-2-7(13)6(3-5)10-17-8-9(14)15-4-16-11(8)18-10/h1-4H,(H3,14,15,16,17,18). The Labute approximate surface area is 121 Å². The van der Waals surface area contributed by atoms with Crippen molar-refractivity contribution in [2.45, 2.75) is 0 Å². The molecular weight excluding hydrogens is 365 g/mol. The molecule has 0 aliphatic rings. The number of H-pyrrole nitrogens is 1. The van der Waals surface area contributed by atoms with Gasteiger partial charge >= 0.3 is 0 Å². The summed E-state index contributed by atoms with van der Waals surface area (Å²) in [6.45, 7) is 0. The third kappa shape index (κ3) is 1.91. The largest absolute Gasteiger partial charge is 0.382 e. The Hall–Kier alpha value is -1.41. The molecule has 0 unspecified atom stereocenters. The topological polar surface area (TPSA) is 80.5 Å². The van der Waals surface area contributed by atoms with E-state index in [0.29, 0.717) is 27.8 Å². The average Bonchev–Trinajstić information content (AvgIpc) is 2.77. The molecule has 0 saturated carbocycles. The molecular formula is C11H7ClIN5. The first-order valence-corrected chi connectivity index (χ1v) is 6.52. The highest BCUT2D eigenvalue weighted by Gasteiger charge is 2.11. The van der Waals surface area contributed by atoms with Gasteiger partial charge in [-0.3, -0.25) is 0 Å². The molecule has 7 heteroatoms. The highest BCUT2D eigenvalue weighted by molar-refractivity contribution is 14.1. The average molecular weight is 372 g/mol. The summed E-state index contributed by atoms with van der Waals surface area (Å²) >= 11 is 8.23. The van der Waals surface area contributed by atoms with Crippen LogP contribution in [0.4, 0.5) is 5.82 Å². The number of nitrogens with one attached hydrogen (secondary N) is 1. The van der Waals surface area contributed by atoms with E-state index in [1.165, 1.54) is 6.33 Å². The van der Waals surface area contributed by atoms with Crippen LogP contribution in [0.2, 0.25) is 5.02 Å². The van der Waals surface area contributed by atoms with Gasteiger partial charge in [0, 0.05) is 14.2 Å². The van der Waals surface area contributed by atoms with E-state index in [1.807, 2.05) is 18.2 Å². The molecule has 0 saturated heterocycles. The van der Waals surface area contributed by atoms with Crippen molar-refractivity contribution in [3.8, 4) is 11.4 Å². The van der Waals surface area contributed by atoms with Crippen LogP contribution in [0.3, 0.4) is 0 Å². The van der Waals surface area contributed by atoms with Crippen LogP contribution < -0.4 is 5.73 Å². The summed E-state index contributed by atoms with van der Waals surface area (Å²) in [6.07, 6.45) is 1.39. The second-order valence-electron chi connectivity index (χ2n) is 3.67. The minimum atomic E-state index is 0.385. The molecule has 0 aliphatic heterocycles. The number of rotatable bonds is 1. The number of nitrogens with zero attached hydrogens (tertiary/aromatic N) is 3. The van der Waals surface area contributed by atoms with Crippen molar-refractivity contribution in [1.82, 2.24) is 19.9 Å². The van der Waals surface area contributed by atoms with E-state index in [1.54, 1.807) is 0 Å². The number of hydrogen-bond acceptors (Lipinski definition) is 4. The Morgan fingerprint density at radius 3 is 2.89 bits per heavy atom. The van der Waals surface area contributed by atoms with Gasteiger partial charge in [0.15, 0.2) is 11.5 Å². The van der Waals surface area contributed by atoms with E-state index in [0.717, 1.165) is 9.13 Å². The smallest absolute Gasteiger partial charge is 0.183 e. The lowest BCUT2D eigenvalue weighted by molar-refractivity contribution is 1.21. The molecule has 2 aromatic heterocycles. The van der Waals surface area contributed by atoms with Gasteiger partial charge in [-0.2, -0.15) is 0 Å². The number of benzene rings is 1. The zero-order chi connectivity index (χ0) is 12.7. The van der Waals surface area contributed by atoms with Gasteiger partial charge in [-0.1, -0.05) is 11.6 Å². The number of fused-ring (bicyclic) bond motifs is 1. The van der Waals surface area contributed by atoms with Gasteiger partial charge in [-0.15, -0.1) is 0 Å². The van der Waals surface area contributed by atoms with Gasteiger partial charge < -0.3 is 10.7 Å². The maximum Gasteiger partial charge on any atom is 0.183 e. The zero-order valence-electron chi connectivity index (χ0n) is 8.98. The second kappa shape index (κ2) is 4.36. The molecule has 0 bridgehead atoms. The van der Waals surface area contributed by atoms with Crippen molar-refractivity contribution in [2.75, 3.05) is 5.73 Å². The molecule has 18 heavy (non-hydrogen) atoms. The SMILES string of the molecule is Nc1ncnc2nc(-c3cc(Cl)ccc3I)[nH]c12. The number of aromatic nitrogens is 4. The van der Waals surface area contributed by atoms with Crippen LogP contribution in [0.1, 0.15) is 0 Å². The number of anilines is 1. The molecule has 3 aromatic rings. The van der Waals surface area contributed by atoms with E-state index in [2.05, 4.69) is 42.5 Å². The van der Waals surface area contributed by atoms with E-state index in [-0.39, 0.29) is 0 Å². The lowest BCUT2D eigenvalue weighted by Gasteiger charge is -2.00. The fraction of sp³-hybridized carbons (Fsp3) is 0. The summed E-state index contributed by atoms with van der Waals surface area (Å²) in [5.41, 5.74) is 7.87. The summed E-state index contributed by atoms with van der Waals surface area (Å²) in [5, 5.41) is 0.657. The number of nitrogen functional groups attached to an aromatic ring is 1. The van der Waals surface area contributed by atoms with Crippen LogP contribution in [0.15, 0.2) is 24.5 Å². The Kier molecular flexibility index (Phi) is 2.83. The van der Waals surface area contributed by atoms with Crippen molar-refractivity contribution in [3.05, 3.63) is 33.1 Å². The third-order valence-corrected chi connectivity index (χ3v) is 3.68. The zero-order valence-corrected chi connectivity index (χ0v) is 11.9. The van der Waals surface area contributed by atoms with Crippen molar-refractivity contribution in [3.63, 3.8) is 0 Å². The summed E-state index contributed by atoms with van der Waals surface area (Å²) in [7, 11) is 0. The Bertz CT molecular complexity index is 739. The molecule has 0 aliphatic carbocycles.